The van der Waals surface area contributed by atoms with Crippen molar-refractivity contribution in [2.45, 2.75) is 6.92 Å². The van der Waals surface area contributed by atoms with Gasteiger partial charge in [-0.05, 0) is 30.7 Å². The molecule has 0 atom stereocenters. The van der Waals surface area contributed by atoms with E-state index in [1.54, 1.807) is 12.1 Å². The monoisotopic (exact) mass is 324 g/mol. The van der Waals surface area contributed by atoms with Crippen LogP contribution in [0.3, 0.4) is 0 Å². The second kappa shape index (κ2) is 5.20. The normalized spacial score (nSPS) is 11.1. The summed E-state index contributed by atoms with van der Waals surface area (Å²) in [5.74, 6) is -1.59. The Morgan fingerprint density at radius 2 is 1.62 bits per heavy atom. The van der Waals surface area contributed by atoms with E-state index in [1.807, 2.05) is 6.92 Å². The SMILES string of the molecule is Cc1ccc(Cl)c2c(Cl)nc(-c3c(F)cccc3F)nc12. The number of hydrogen-bond acceptors (Lipinski definition) is 2. The van der Waals surface area contributed by atoms with Crippen molar-refractivity contribution >= 4 is 34.1 Å². The zero-order valence-corrected chi connectivity index (χ0v) is 12.3. The maximum atomic E-state index is 13.9. The molecule has 0 saturated carbocycles. The predicted molar refractivity (Wildman–Crippen MR) is 79.6 cm³/mol. The molecule has 0 aliphatic heterocycles. The first-order valence-corrected chi connectivity index (χ1v) is 6.81. The van der Waals surface area contributed by atoms with E-state index < -0.39 is 11.6 Å². The zero-order chi connectivity index (χ0) is 15.1. The number of hydrogen-bond donors (Lipinski definition) is 0. The Morgan fingerprint density at radius 1 is 0.952 bits per heavy atom. The molecular weight excluding hydrogens is 317 g/mol. The van der Waals surface area contributed by atoms with Gasteiger partial charge < -0.3 is 0 Å². The van der Waals surface area contributed by atoms with Crippen LogP contribution in [0.4, 0.5) is 8.78 Å². The lowest BCUT2D eigenvalue weighted by Gasteiger charge is -2.09. The summed E-state index contributed by atoms with van der Waals surface area (Å²) in [6.07, 6.45) is 0. The molecular formula is C15H8Cl2F2N2. The van der Waals surface area contributed by atoms with Crippen LogP contribution >= 0.6 is 23.2 Å². The molecule has 0 N–H and O–H groups in total. The van der Waals surface area contributed by atoms with Gasteiger partial charge in [0.25, 0.3) is 0 Å². The van der Waals surface area contributed by atoms with Gasteiger partial charge >= 0.3 is 0 Å². The van der Waals surface area contributed by atoms with Crippen LogP contribution in [0, 0.1) is 18.6 Å². The highest BCUT2D eigenvalue weighted by atomic mass is 35.5. The second-order valence-electron chi connectivity index (χ2n) is 4.52. The highest BCUT2D eigenvalue weighted by molar-refractivity contribution is 6.41. The third kappa shape index (κ3) is 2.34. The number of halogens is 4. The predicted octanol–water partition coefficient (Wildman–Crippen LogP) is 5.19. The molecule has 2 aromatic carbocycles. The van der Waals surface area contributed by atoms with Gasteiger partial charge in [0.2, 0.25) is 0 Å². The van der Waals surface area contributed by atoms with Crippen molar-refractivity contribution in [3.05, 3.63) is 57.7 Å². The molecule has 0 aliphatic carbocycles. The van der Waals surface area contributed by atoms with Crippen LogP contribution in [0.15, 0.2) is 30.3 Å². The van der Waals surface area contributed by atoms with Crippen LogP contribution in [-0.2, 0) is 0 Å². The summed E-state index contributed by atoms with van der Waals surface area (Å²) in [4.78, 5) is 8.21. The van der Waals surface area contributed by atoms with E-state index in [0.717, 1.165) is 17.7 Å². The summed E-state index contributed by atoms with van der Waals surface area (Å²) in [5.41, 5.74) is 0.956. The highest BCUT2D eigenvalue weighted by Gasteiger charge is 2.18. The number of aryl methyl sites for hydroxylation is 1. The van der Waals surface area contributed by atoms with E-state index in [4.69, 9.17) is 23.2 Å². The zero-order valence-electron chi connectivity index (χ0n) is 10.8. The number of benzene rings is 2. The standard InChI is InChI=1S/C15H8Cl2F2N2/c1-7-5-6-8(16)11-13(7)20-15(21-14(11)17)12-9(18)3-2-4-10(12)19/h2-6H,1H3. The van der Waals surface area contributed by atoms with Crippen LogP contribution in [-0.4, -0.2) is 9.97 Å². The first kappa shape index (κ1) is 14.2. The Labute approximate surface area is 129 Å². The van der Waals surface area contributed by atoms with Crippen LogP contribution < -0.4 is 0 Å². The second-order valence-corrected chi connectivity index (χ2v) is 5.29. The van der Waals surface area contributed by atoms with Crippen molar-refractivity contribution in [1.82, 2.24) is 9.97 Å². The van der Waals surface area contributed by atoms with Crippen LogP contribution in [0.2, 0.25) is 10.2 Å². The van der Waals surface area contributed by atoms with E-state index in [0.29, 0.717) is 15.9 Å². The van der Waals surface area contributed by atoms with Crippen molar-refractivity contribution in [3.8, 4) is 11.4 Å². The fraction of sp³-hybridized carbons (Fsp3) is 0.0667. The summed E-state index contributed by atoms with van der Waals surface area (Å²) in [6, 6.07) is 7.00. The number of fused-ring (bicyclic) bond motifs is 1. The summed E-state index contributed by atoms with van der Waals surface area (Å²) in [6.45, 7) is 1.81. The molecule has 0 unspecified atom stereocenters. The third-order valence-electron chi connectivity index (χ3n) is 3.14. The smallest absolute Gasteiger partial charge is 0.167 e. The fourth-order valence-corrected chi connectivity index (χ4v) is 2.68. The largest absolute Gasteiger partial charge is 0.227 e. The Hall–Kier alpha value is -1.78. The van der Waals surface area contributed by atoms with Gasteiger partial charge in [-0.2, -0.15) is 0 Å². The van der Waals surface area contributed by atoms with Crippen LogP contribution in [0.5, 0.6) is 0 Å². The van der Waals surface area contributed by atoms with Crippen LogP contribution in [0.1, 0.15) is 5.56 Å². The van der Waals surface area contributed by atoms with Gasteiger partial charge in [0.05, 0.1) is 21.5 Å². The maximum absolute atomic E-state index is 13.9. The molecule has 3 rings (SSSR count). The van der Waals surface area contributed by atoms with Gasteiger partial charge in [0, 0.05) is 0 Å². The molecule has 3 aromatic rings. The minimum Gasteiger partial charge on any atom is -0.227 e. The lowest BCUT2D eigenvalue weighted by atomic mass is 10.1. The fourth-order valence-electron chi connectivity index (χ4n) is 2.11. The molecule has 0 fully saturated rings. The molecule has 21 heavy (non-hydrogen) atoms. The maximum Gasteiger partial charge on any atom is 0.167 e. The summed E-state index contributed by atoms with van der Waals surface area (Å²) in [5, 5.41) is 0.923. The van der Waals surface area contributed by atoms with Crippen molar-refractivity contribution in [3.63, 3.8) is 0 Å². The lowest BCUT2D eigenvalue weighted by Crippen LogP contribution is -1.98. The molecule has 0 radical (unpaired) electrons. The molecule has 0 aliphatic rings. The molecule has 0 bridgehead atoms. The molecule has 0 saturated heterocycles. The van der Waals surface area contributed by atoms with E-state index >= 15 is 0 Å². The van der Waals surface area contributed by atoms with Gasteiger partial charge in [-0.1, -0.05) is 35.3 Å². The Kier molecular flexibility index (Phi) is 3.51. The molecule has 1 heterocycles. The Bertz CT molecular complexity index is 846. The van der Waals surface area contributed by atoms with Crippen molar-refractivity contribution in [1.29, 1.82) is 0 Å². The minimum atomic E-state index is -0.745. The van der Waals surface area contributed by atoms with Crippen LogP contribution in [0.25, 0.3) is 22.3 Å². The highest BCUT2D eigenvalue weighted by Crippen LogP contribution is 2.33. The van der Waals surface area contributed by atoms with Crippen molar-refractivity contribution < 1.29 is 8.78 Å². The number of rotatable bonds is 1. The molecule has 106 valence electrons. The minimum absolute atomic E-state index is 0.0614. The number of nitrogens with zero attached hydrogens (tertiary/aromatic N) is 2. The van der Waals surface area contributed by atoms with E-state index in [9.17, 15) is 8.78 Å². The summed E-state index contributed by atoms with van der Waals surface area (Å²) >= 11 is 12.2. The average Bonchev–Trinajstić information content (AvgIpc) is 2.42. The van der Waals surface area contributed by atoms with Crippen molar-refractivity contribution in [2.24, 2.45) is 0 Å². The average molecular weight is 325 g/mol. The molecule has 2 nitrogen and oxygen atoms in total. The number of aromatic nitrogens is 2. The van der Waals surface area contributed by atoms with Gasteiger partial charge in [-0.25, -0.2) is 18.7 Å². The first-order valence-electron chi connectivity index (χ1n) is 6.06. The lowest BCUT2D eigenvalue weighted by molar-refractivity contribution is 0.587. The Morgan fingerprint density at radius 3 is 2.29 bits per heavy atom. The molecule has 0 amide bonds. The quantitative estimate of drug-likeness (QED) is 0.575. The van der Waals surface area contributed by atoms with E-state index in [-0.39, 0.29) is 16.5 Å². The van der Waals surface area contributed by atoms with Gasteiger partial charge in [-0.3, -0.25) is 0 Å². The summed E-state index contributed by atoms with van der Waals surface area (Å²) in [7, 11) is 0. The van der Waals surface area contributed by atoms with Gasteiger partial charge in [0.1, 0.15) is 16.8 Å². The summed E-state index contributed by atoms with van der Waals surface area (Å²) < 4.78 is 27.7. The van der Waals surface area contributed by atoms with E-state index in [1.165, 1.54) is 6.07 Å². The molecule has 6 heteroatoms. The molecule has 1 aromatic heterocycles. The third-order valence-corrected chi connectivity index (χ3v) is 3.73. The molecule has 0 spiro atoms. The van der Waals surface area contributed by atoms with Crippen molar-refractivity contribution in [2.75, 3.05) is 0 Å². The van der Waals surface area contributed by atoms with Gasteiger partial charge in [-0.15, -0.1) is 0 Å². The topological polar surface area (TPSA) is 25.8 Å². The van der Waals surface area contributed by atoms with E-state index in [2.05, 4.69) is 9.97 Å². The first-order chi connectivity index (χ1) is 9.99. The Balaban J connectivity index is 2.39. The van der Waals surface area contributed by atoms with Gasteiger partial charge in [0.15, 0.2) is 5.82 Å².